The minimum atomic E-state index is -0.236. The molecule has 310 valence electrons. The maximum Gasteiger partial charge on any atom is 0.226 e. The number of oxazole rings is 2. The zero-order chi connectivity index (χ0) is 42.0. The molecule has 0 radical (unpaired) electrons. The zero-order valence-corrected chi connectivity index (χ0v) is 36.8. The summed E-state index contributed by atoms with van der Waals surface area (Å²) in [7, 11) is 1.67. The van der Waals surface area contributed by atoms with Crippen LogP contribution in [0.3, 0.4) is 0 Å². The Hall–Kier alpha value is -4.36. The van der Waals surface area contributed by atoms with Gasteiger partial charge in [0.25, 0.3) is 0 Å². The summed E-state index contributed by atoms with van der Waals surface area (Å²) in [5.74, 6) is 4.97. The van der Waals surface area contributed by atoms with E-state index in [9.17, 15) is 18.4 Å². The number of carbonyl (C=O) groups is 2. The van der Waals surface area contributed by atoms with Gasteiger partial charge in [0.2, 0.25) is 11.8 Å². The topological polar surface area (TPSA) is 95.4 Å². The predicted molar refractivity (Wildman–Crippen MR) is 238 cm³/mol. The molecule has 0 spiro atoms. The van der Waals surface area contributed by atoms with Crippen molar-refractivity contribution >= 4 is 51.0 Å². The van der Waals surface area contributed by atoms with Gasteiger partial charge < -0.3 is 13.6 Å². The first kappa shape index (κ1) is 45.7. The fourth-order valence-corrected chi connectivity index (χ4v) is 8.21. The molecule has 0 aliphatic rings. The second-order valence-corrected chi connectivity index (χ2v) is 16.6. The van der Waals surface area contributed by atoms with E-state index in [1.807, 2.05) is 62.4 Å². The lowest BCUT2D eigenvalue weighted by atomic mass is 10.1. The van der Waals surface area contributed by atoms with E-state index >= 15 is 0 Å². The van der Waals surface area contributed by atoms with Gasteiger partial charge in [-0.3, -0.25) is 9.59 Å². The fourth-order valence-electron chi connectivity index (χ4n) is 5.97. The molecule has 0 saturated carbocycles. The number of ether oxygens (including phenoxy) is 1. The largest absolute Gasteiger partial charge is 0.441 e. The van der Waals surface area contributed by atoms with E-state index in [0.29, 0.717) is 54.2 Å². The summed E-state index contributed by atoms with van der Waals surface area (Å²) >= 11 is 6.56. The van der Waals surface area contributed by atoms with Gasteiger partial charge in [-0.25, -0.2) is 18.7 Å². The Labute approximate surface area is 362 Å². The first-order valence-electron chi connectivity index (χ1n) is 19.4. The van der Waals surface area contributed by atoms with Crippen molar-refractivity contribution in [3.63, 3.8) is 0 Å². The highest BCUT2D eigenvalue weighted by molar-refractivity contribution is 9.08. The molecule has 0 aliphatic carbocycles. The van der Waals surface area contributed by atoms with Gasteiger partial charge in [-0.2, -0.15) is 0 Å². The van der Waals surface area contributed by atoms with Gasteiger partial charge >= 0.3 is 0 Å². The summed E-state index contributed by atoms with van der Waals surface area (Å²) in [6.45, 7) is 4.38. The first-order valence-corrected chi connectivity index (χ1v) is 22.9. The molecule has 12 heteroatoms. The molecule has 7 nitrogen and oxygen atoms in total. The molecule has 2 aromatic heterocycles. The van der Waals surface area contributed by atoms with Crippen LogP contribution in [0.4, 0.5) is 8.78 Å². The van der Waals surface area contributed by atoms with Crippen molar-refractivity contribution in [3.8, 4) is 22.9 Å². The van der Waals surface area contributed by atoms with Crippen LogP contribution in [-0.4, -0.2) is 40.1 Å². The Morgan fingerprint density at radius 3 is 1.39 bits per heavy atom. The predicted octanol–water partition coefficient (Wildman–Crippen LogP) is 12.3. The summed E-state index contributed by atoms with van der Waals surface area (Å²) in [5, 5.41) is 0.817. The number of Topliss-reactive ketones (excluding diaryl/α,β-unsaturated/α-hetero) is 2. The molecule has 0 fully saturated rings. The number of hydrogen-bond acceptors (Lipinski definition) is 9. The van der Waals surface area contributed by atoms with Crippen molar-refractivity contribution in [1.82, 2.24) is 9.97 Å². The number of alkyl halides is 1. The van der Waals surface area contributed by atoms with E-state index in [4.69, 9.17) is 13.6 Å². The number of benzene rings is 4. The van der Waals surface area contributed by atoms with Gasteiger partial charge in [0.1, 0.15) is 34.7 Å². The Morgan fingerprint density at radius 2 is 1.00 bits per heavy atom. The van der Waals surface area contributed by atoms with Gasteiger partial charge in [0.05, 0.1) is 29.5 Å². The average Bonchev–Trinajstić information content (AvgIpc) is 3.81. The molecule has 0 N–H and O–H groups in total. The van der Waals surface area contributed by atoms with Crippen LogP contribution in [0.15, 0.2) is 106 Å². The highest BCUT2D eigenvalue weighted by atomic mass is 79.9. The van der Waals surface area contributed by atoms with Crippen LogP contribution >= 0.6 is 39.5 Å². The first-order chi connectivity index (χ1) is 28.6. The van der Waals surface area contributed by atoms with E-state index in [1.54, 1.807) is 54.9 Å². The van der Waals surface area contributed by atoms with Crippen molar-refractivity contribution in [3.05, 3.63) is 154 Å². The van der Waals surface area contributed by atoms with Crippen LogP contribution in [-0.2, 0) is 50.6 Å². The summed E-state index contributed by atoms with van der Waals surface area (Å²) < 4.78 is 42.6. The van der Waals surface area contributed by atoms with Gasteiger partial charge in [-0.1, -0.05) is 64.5 Å². The van der Waals surface area contributed by atoms with Crippen LogP contribution in [0.2, 0.25) is 0 Å². The number of thioether (sulfide) groups is 2. The quantitative estimate of drug-likeness (QED) is 0.0654. The van der Waals surface area contributed by atoms with Crippen LogP contribution in [0.25, 0.3) is 22.9 Å². The number of rotatable bonds is 21. The highest BCUT2D eigenvalue weighted by Crippen LogP contribution is 2.27. The van der Waals surface area contributed by atoms with Crippen molar-refractivity contribution in [2.45, 2.75) is 75.8 Å². The Kier molecular flexibility index (Phi) is 18.6. The summed E-state index contributed by atoms with van der Waals surface area (Å²) in [6, 6.07) is 28.9. The maximum atomic E-state index is 12.9. The number of hydrogen-bond donors (Lipinski definition) is 0. The average molecular weight is 904 g/mol. The van der Waals surface area contributed by atoms with E-state index in [-0.39, 0.29) is 23.2 Å². The number of methoxy groups -OCH3 is 1. The normalized spacial score (nSPS) is 11.0. The third-order valence-corrected chi connectivity index (χ3v) is 12.0. The lowest BCUT2D eigenvalue weighted by molar-refractivity contribution is -0.117. The van der Waals surface area contributed by atoms with Gasteiger partial charge in [0, 0.05) is 47.9 Å². The lowest BCUT2D eigenvalue weighted by Crippen LogP contribution is -2.03. The standard InChI is InChI=1S/C24H26FNO3S.C23H23BrFNO2S/c1-17-23(26-24(29-17)20-10-6-19(7-11-20)14-28-2)16-30-15-22(27)5-3-4-18-8-12-21(25)13-9-18;1-16-22(26-23(28-16)19-9-5-18(13-24)6-10-19)15-29-14-21(27)4-2-3-17-7-11-20(25)12-8-17/h6-13H,3-5,14-16H2,1-2H3;5-12H,2-4,13-15H2,1H3. The van der Waals surface area contributed by atoms with Crippen LogP contribution < -0.4 is 0 Å². The smallest absolute Gasteiger partial charge is 0.226 e. The van der Waals surface area contributed by atoms with Crippen molar-refractivity contribution in [1.29, 1.82) is 0 Å². The number of aromatic nitrogens is 2. The molecule has 0 amide bonds. The summed E-state index contributed by atoms with van der Waals surface area (Å²) in [6.07, 6.45) is 4.19. The summed E-state index contributed by atoms with van der Waals surface area (Å²) in [5.41, 5.74) is 8.03. The number of ketones is 2. The third-order valence-electron chi connectivity index (χ3n) is 9.32. The number of halogens is 3. The van der Waals surface area contributed by atoms with Crippen molar-refractivity contribution in [2.24, 2.45) is 0 Å². The highest BCUT2D eigenvalue weighted by Gasteiger charge is 2.14. The van der Waals surface area contributed by atoms with E-state index in [0.717, 1.165) is 81.7 Å². The molecule has 0 bridgehead atoms. The SMILES string of the molecule is COCc1ccc(-c2nc(CSCC(=O)CCCc3ccc(F)cc3)c(C)o2)cc1.Cc1oc(-c2ccc(CBr)cc2)nc1CSCC(=O)CCCc1ccc(F)cc1. The molecule has 0 aliphatic heterocycles. The van der Waals surface area contributed by atoms with E-state index < -0.39 is 0 Å². The second-order valence-electron chi connectivity index (χ2n) is 14.0. The molecular formula is C47H49BrF2N2O5S2. The molecule has 0 saturated heterocycles. The second kappa shape index (κ2) is 24.0. The lowest BCUT2D eigenvalue weighted by Gasteiger charge is -2.02. The third kappa shape index (κ3) is 15.3. The number of nitrogens with zero attached hydrogens (tertiary/aromatic N) is 2. The van der Waals surface area contributed by atoms with E-state index in [1.165, 1.54) is 29.8 Å². The van der Waals surface area contributed by atoms with Crippen molar-refractivity contribution < 1.29 is 31.9 Å². The summed E-state index contributed by atoms with van der Waals surface area (Å²) in [4.78, 5) is 33.5. The molecule has 59 heavy (non-hydrogen) atoms. The molecule has 0 unspecified atom stereocenters. The fraction of sp³-hybridized carbons (Fsp3) is 0.319. The number of aryl methyl sites for hydroxylation is 4. The Balaban J connectivity index is 0.000000224. The zero-order valence-electron chi connectivity index (χ0n) is 33.6. The number of carbonyl (C=O) groups excluding carboxylic acids is 2. The molecule has 6 aromatic rings. The van der Waals surface area contributed by atoms with Gasteiger partial charge in [-0.15, -0.1) is 23.5 Å². The molecular weight excluding hydrogens is 855 g/mol. The van der Waals surface area contributed by atoms with Crippen LogP contribution in [0, 0.1) is 25.5 Å². The Bertz CT molecular complexity index is 2210. The van der Waals surface area contributed by atoms with Crippen LogP contribution in [0.5, 0.6) is 0 Å². The van der Waals surface area contributed by atoms with Crippen LogP contribution in [0.1, 0.15) is 70.8 Å². The molecule has 4 aromatic carbocycles. The monoisotopic (exact) mass is 902 g/mol. The molecule has 2 heterocycles. The minimum Gasteiger partial charge on any atom is -0.441 e. The molecule has 6 rings (SSSR count). The minimum absolute atomic E-state index is 0.220. The van der Waals surface area contributed by atoms with E-state index in [2.05, 4.69) is 25.9 Å². The Morgan fingerprint density at radius 1 is 0.610 bits per heavy atom. The van der Waals surface area contributed by atoms with Gasteiger partial charge in [-0.05, 0) is 110 Å². The molecule has 0 atom stereocenters. The van der Waals surface area contributed by atoms with Gasteiger partial charge in [0.15, 0.2) is 0 Å². The maximum absolute atomic E-state index is 12.9. The van der Waals surface area contributed by atoms with Crippen molar-refractivity contribution in [2.75, 3.05) is 18.6 Å².